The number of halogens is 4. The Kier molecular flexibility index (Phi) is 9.43. The van der Waals surface area contributed by atoms with Crippen LogP contribution < -0.4 is 5.32 Å². The minimum Gasteiger partial charge on any atom is -0.506 e. The van der Waals surface area contributed by atoms with Crippen LogP contribution in [0.25, 0.3) is 0 Å². The highest BCUT2D eigenvalue weighted by Gasteiger charge is 2.25. The number of benzene rings is 1. The number of hydrogen-bond acceptors (Lipinski definition) is 4. The highest BCUT2D eigenvalue weighted by molar-refractivity contribution is 14.1. The van der Waals surface area contributed by atoms with Gasteiger partial charge in [-0.2, -0.15) is 0 Å². The molecule has 1 aromatic heterocycles. The fourth-order valence-electron chi connectivity index (χ4n) is 2.69. The second-order valence-corrected chi connectivity index (χ2v) is 8.34. The van der Waals surface area contributed by atoms with E-state index in [1.165, 1.54) is 10.4 Å². The molecule has 1 fully saturated rings. The number of nitrogens with zero attached hydrogens (tertiary/aromatic N) is 1. The van der Waals surface area contributed by atoms with Crippen LogP contribution in [0, 0.1) is 7.14 Å². The monoisotopic (exact) mass is 598 g/mol. The first kappa shape index (κ1) is 21.7. The van der Waals surface area contributed by atoms with E-state index >= 15 is 0 Å². The van der Waals surface area contributed by atoms with Crippen LogP contribution in [-0.4, -0.2) is 36.2 Å². The van der Waals surface area contributed by atoms with Gasteiger partial charge in [-0.1, -0.05) is 6.07 Å². The molecule has 128 valence electrons. The third kappa shape index (κ3) is 5.08. The molecule has 2 N–H and O–H groups in total. The van der Waals surface area contributed by atoms with Crippen LogP contribution in [0.3, 0.4) is 0 Å². The van der Waals surface area contributed by atoms with E-state index in [2.05, 4.69) is 85.0 Å². The molecule has 8 heteroatoms. The van der Waals surface area contributed by atoms with Crippen LogP contribution in [0.2, 0.25) is 0 Å². The normalized spacial score (nSPS) is 16.3. The van der Waals surface area contributed by atoms with Crippen LogP contribution in [0.4, 0.5) is 0 Å². The largest absolute Gasteiger partial charge is 0.506 e. The third-order valence-electron chi connectivity index (χ3n) is 3.68. The second kappa shape index (κ2) is 9.98. The Balaban J connectivity index is 0.00000132. The molecule has 23 heavy (non-hydrogen) atoms. The number of nitrogens with one attached hydrogen (secondary N) is 1. The minimum atomic E-state index is 0. The van der Waals surface area contributed by atoms with E-state index in [0.717, 1.165) is 33.3 Å². The first-order valence-corrected chi connectivity index (χ1v) is 9.86. The Morgan fingerprint density at radius 3 is 2.26 bits per heavy atom. The fourth-order valence-corrected chi connectivity index (χ4v) is 5.39. The van der Waals surface area contributed by atoms with Gasteiger partial charge in [0.05, 0.1) is 13.2 Å². The molecule has 2 aromatic rings. The van der Waals surface area contributed by atoms with Crippen molar-refractivity contribution in [1.82, 2.24) is 10.2 Å². The topological polar surface area (TPSA) is 35.5 Å². The van der Waals surface area contributed by atoms with Crippen molar-refractivity contribution in [1.29, 1.82) is 0 Å². The van der Waals surface area contributed by atoms with Crippen molar-refractivity contribution in [3.05, 3.63) is 47.2 Å². The lowest BCUT2D eigenvalue weighted by Gasteiger charge is -2.35. The zero-order valence-corrected chi connectivity index (χ0v) is 18.9. The van der Waals surface area contributed by atoms with Crippen molar-refractivity contribution in [2.45, 2.75) is 6.04 Å². The van der Waals surface area contributed by atoms with Crippen LogP contribution in [0.5, 0.6) is 5.75 Å². The first-order valence-electron chi connectivity index (χ1n) is 6.83. The molecular formula is C15H18Cl2I2N2OS. The van der Waals surface area contributed by atoms with Gasteiger partial charge in [-0.25, -0.2) is 0 Å². The lowest BCUT2D eigenvalue weighted by atomic mass is 10.0. The number of rotatable bonds is 3. The van der Waals surface area contributed by atoms with Gasteiger partial charge in [0.2, 0.25) is 0 Å². The van der Waals surface area contributed by atoms with E-state index in [1.54, 1.807) is 11.3 Å². The number of phenolic OH excluding ortho intramolecular Hbond substituents is 1. The quantitative estimate of drug-likeness (QED) is 0.511. The van der Waals surface area contributed by atoms with Crippen molar-refractivity contribution >= 4 is 81.3 Å². The standard InChI is InChI=1S/C15H16I2N2OS.2ClH/c16-11-8-10(9-12(17)15(11)20)14(13-2-1-7-21-13)19-5-3-18-4-6-19;;/h1-2,7-9,14,18,20H,3-6H2;2*1H/t14-;;/m1../s1. The Labute approximate surface area is 180 Å². The van der Waals surface area contributed by atoms with Crippen molar-refractivity contribution in [2.75, 3.05) is 26.2 Å². The van der Waals surface area contributed by atoms with Gasteiger partial charge in [0.15, 0.2) is 0 Å². The summed E-state index contributed by atoms with van der Waals surface area (Å²) < 4.78 is 1.84. The summed E-state index contributed by atoms with van der Waals surface area (Å²) in [7, 11) is 0. The second-order valence-electron chi connectivity index (χ2n) is 5.04. The molecule has 0 amide bonds. The van der Waals surface area contributed by atoms with Crippen LogP contribution in [-0.2, 0) is 0 Å². The smallest absolute Gasteiger partial charge is 0.142 e. The molecule has 0 spiro atoms. The van der Waals surface area contributed by atoms with Crippen LogP contribution in [0.1, 0.15) is 16.5 Å². The molecule has 1 aliphatic rings. The molecule has 3 nitrogen and oxygen atoms in total. The van der Waals surface area contributed by atoms with Crippen LogP contribution >= 0.6 is 81.3 Å². The van der Waals surface area contributed by atoms with Gasteiger partial charge in [-0.05, 0) is 74.3 Å². The fraction of sp³-hybridized carbons (Fsp3) is 0.333. The van der Waals surface area contributed by atoms with E-state index in [1.807, 2.05) is 0 Å². The van der Waals surface area contributed by atoms with E-state index < -0.39 is 0 Å². The van der Waals surface area contributed by atoms with Crippen molar-refractivity contribution in [2.24, 2.45) is 0 Å². The summed E-state index contributed by atoms with van der Waals surface area (Å²) in [6.07, 6.45) is 0. The van der Waals surface area contributed by atoms with Gasteiger partial charge in [0.25, 0.3) is 0 Å². The number of phenols is 1. The molecule has 0 unspecified atom stereocenters. The minimum absolute atomic E-state index is 0. The Morgan fingerprint density at radius 2 is 1.74 bits per heavy atom. The van der Waals surface area contributed by atoms with Crippen molar-refractivity contribution in [3.63, 3.8) is 0 Å². The number of thiophene rings is 1. The maximum atomic E-state index is 10.0. The van der Waals surface area contributed by atoms with Crippen molar-refractivity contribution in [3.8, 4) is 5.75 Å². The Morgan fingerprint density at radius 1 is 1.13 bits per heavy atom. The molecule has 1 aliphatic heterocycles. The van der Waals surface area contributed by atoms with Gasteiger partial charge >= 0.3 is 0 Å². The molecule has 3 rings (SSSR count). The van der Waals surface area contributed by atoms with Gasteiger partial charge in [0, 0.05) is 31.1 Å². The predicted molar refractivity (Wildman–Crippen MR) is 119 cm³/mol. The Hall–Kier alpha value is 0.680. The zero-order chi connectivity index (χ0) is 14.8. The lowest BCUT2D eigenvalue weighted by Crippen LogP contribution is -2.45. The van der Waals surface area contributed by atoms with E-state index in [-0.39, 0.29) is 30.9 Å². The zero-order valence-electron chi connectivity index (χ0n) is 12.2. The maximum Gasteiger partial charge on any atom is 0.142 e. The van der Waals surface area contributed by atoms with Crippen LogP contribution in [0.15, 0.2) is 29.6 Å². The molecule has 0 bridgehead atoms. The van der Waals surface area contributed by atoms with E-state index in [0.29, 0.717) is 5.75 Å². The SMILES string of the molecule is Cl.Cl.Oc1c(I)cc([C@H](c2cccs2)N2CCNCC2)cc1I. The van der Waals surface area contributed by atoms with E-state index in [4.69, 9.17) is 0 Å². The maximum absolute atomic E-state index is 10.0. The third-order valence-corrected chi connectivity index (χ3v) is 6.25. The average Bonchev–Trinajstić information content (AvgIpc) is 3.00. The van der Waals surface area contributed by atoms with Gasteiger partial charge in [0.1, 0.15) is 5.75 Å². The summed E-state index contributed by atoms with van der Waals surface area (Å²) in [6.45, 7) is 4.18. The van der Waals surface area contributed by atoms with Gasteiger partial charge < -0.3 is 10.4 Å². The van der Waals surface area contributed by atoms with Gasteiger partial charge in [-0.15, -0.1) is 36.2 Å². The summed E-state index contributed by atoms with van der Waals surface area (Å²) >= 11 is 6.24. The Bertz CT molecular complexity index is 599. The summed E-state index contributed by atoms with van der Waals surface area (Å²) in [6, 6.07) is 8.85. The highest BCUT2D eigenvalue weighted by atomic mass is 127. The molecule has 0 saturated carbocycles. The average molecular weight is 599 g/mol. The van der Waals surface area contributed by atoms with Crippen molar-refractivity contribution < 1.29 is 5.11 Å². The molecule has 1 saturated heterocycles. The summed E-state index contributed by atoms with van der Waals surface area (Å²) in [5.41, 5.74) is 1.27. The lowest BCUT2D eigenvalue weighted by molar-refractivity contribution is 0.200. The highest BCUT2D eigenvalue weighted by Crippen LogP contribution is 2.36. The number of piperazine rings is 1. The summed E-state index contributed by atoms with van der Waals surface area (Å²) in [5, 5.41) is 15.6. The molecule has 1 aromatic carbocycles. The molecule has 0 aliphatic carbocycles. The molecular weight excluding hydrogens is 581 g/mol. The molecule has 2 heterocycles. The molecule has 1 atom stereocenters. The number of aromatic hydroxyl groups is 1. The summed E-state index contributed by atoms with van der Waals surface area (Å²) in [4.78, 5) is 3.90. The summed E-state index contributed by atoms with van der Waals surface area (Å²) in [5.74, 6) is 0.394. The number of hydrogen-bond donors (Lipinski definition) is 2. The predicted octanol–water partition coefficient (Wildman–Crippen LogP) is 4.50. The molecule has 0 radical (unpaired) electrons. The first-order chi connectivity index (χ1) is 10.2. The van der Waals surface area contributed by atoms with Gasteiger partial charge in [-0.3, -0.25) is 4.90 Å². The van der Waals surface area contributed by atoms with E-state index in [9.17, 15) is 5.11 Å².